The van der Waals surface area contributed by atoms with Crippen LogP contribution in [0.4, 0.5) is 5.69 Å². The van der Waals surface area contributed by atoms with Crippen molar-refractivity contribution in [1.29, 1.82) is 0 Å². The quantitative estimate of drug-likeness (QED) is 0.440. The fourth-order valence-corrected chi connectivity index (χ4v) is 3.36. The lowest BCUT2D eigenvalue weighted by Gasteiger charge is -2.15. The van der Waals surface area contributed by atoms with Crippen LogP contribution >= 0.6 is 23.2 Å². The van der Waals surface area contributed by atoms with Gasteiger partial charge in [-0.3, -0.25) is 0 Å². The summed E-state index contributed by atoms with van der Waals surface area (Å²) >= 11 is 12.5. The molecule has 1 N–H and O–H groups in total. The number of halogens is 2. The van der Waals surface area contributed by atoms with Crippen LogP contribution in [0.1, 0.15) is 23.6 Å². The van der Waals surface area contributed by atoms with E-state index in [1.807, 2.05) is 36.4 Å². The maximum atomic E-state index is 6.47. The van der Waals surface area contributed by atoms with Gasteiger partial charge in [-0.2, -0.15) is 0 Å². The third-order valence-corrected chi connectivity index (χ3v) is 4.94. The van der Waals surface area contributed by atoms with Gasteiger partial charge in [-0.15, -0.1) is 0 Å². The zero-order chi connectivity index (χ0) is 19.9. The molecule has 3 aromatic carbocycles. The van der Waals surface area contributed by atoms with Crippen LogP contribution in [0.5, 0.6) is 11.5 Å². The molecule has 0 amide bonds. The van der Waals surface area contributed by atoms with Gasteiger partial charge in [0.15, 0.2) is 11.5 Å². The molecule has 0 aliphatic heterocycles. The lowest BCUT2D eigenvalue weighted by molar-refractivity contribution is 0.284. The van der Waals surface area contributed by atoms with E-state index in [0.29, 0.717) is 34.7 Å². The van der Waals surface area contributed by atoms with E-state index in [0.717, 1.165) is 23.2 Å². The average molecular weight is 416 g/mol. The molecule has 0 unspecified atom stereocenters. The fourth-order valence-electron chi connectivity index (χ4n) is 2.86. The van der Waals surface area contributed by atoms with Gasteiger partial charge < -0.3 is 14.8 Å². The maximum absolute atomic E-state index is 6.47. The number of ether oxygens (including phenoxy) is 2. The number of rotatable bonds is 8. The van der Waals surface area contributed by atoms with E-state index >= 15 is 0 Å². The Balaban J connectivity index is 1.69. The van der Waals surface area contributed by atoms with Gasteiger partial charge in [-0.25, -0.2) is 0 Å². The minimum absolute atomic E-state index is 0.359. The highest BCUT2D eigenvalue weighted by atomic mass is 35.5. The van der Waals surface area contributed by atoms with Crippen molar-refractivity contribution in [3.8, 4) is 11.5 Å². The SMILES string of the molecule is CCc1ccc(NCc2cc(Cl)c(OCc3cccc(Cl)c3)c(OC)c2)cc1. The molecule has 3 rings (SSSR count). The van der Waals surface area contributed by atoms with Gasteiger partial charge in [0.05, 0.1) is 12.1 Å². The summed E-state index contributed by atoms with van der Waals surface area (Å²) < 4.78 is 11.4. The Hall–Kier alpha value is -2.36. The molecule has 28 heavy (non-hydrogen) atoms. The molecule has 0 aliphatic carbocycles. The molecule has 5 heteroatoms. The fraction of sp³-hybridized carbons (Fsp3) is 0.217. The van der Waals surface area contributed by atoms with Gasteiger partial charge in [-0.1, -0.05) is 54.4 Å². The Kier molecular flexibility index (Phi) is 7.07. The molecule has 146 valence electrons. The minimum atomic E-state index is 0.359. The number of nitrogens with one attached hydrogen (secondary N) is 1. The largest absolute Gasteiger partial charge is 0.493 e. The van der Waals surface area contributed by atoms with Crippen LogP contribution < -0.4 is 14.8 Å². The predicted molar refractivity (Wildman–Crippen MR) is 117 cm³/mol. The normalized spacial score (nSPS) is 10.6. The third kappa shape index (κ3) is 5.34. The van der Waals surface area contributed by atoms with Crippen molar-refractivity contribution in [2.45, 2.75) is 26.5 Å². The zero-order valence-corrected chi connectivity index (χ0v) is 17.5. The first kappa shape index (κ1) is 20.4. The third-order valence-electron chi connectivity index (χ3n) is 4.42. The highest BCUT2D eigenvalue weighted by Crippen LogP contribution is 2.37. The van der Waals surface area contributed by atoms with E-state index in [2.05, 4.69) is 36.5 Å². The standard InChI is InChI=1S/C23H23Cl2NO2/c1-3-16-7-9-20(10-8-16)26-14-18-12-21(25)23(22(13-18)27-2)28-15-17-5-4-6-19(24)11-17/h4-13,26H,3,14-15H2,1-2H3. The van der Waals surface area contributed by atoms with Crippen LogP contribution in [-0.2, 0) is 19.6 Å². The summed E-state index contributed by atoms with van der Waals surface area (Å²) in [4.78, 5) is 0. The second-order valence-electron chi connectivity index (χ2n) is 6.43. The summed E-state index contributed by atoms with van der Waals surface area (Å²) in [6, 6.07) is 19.8. The monoisotopic (exact) mass is 415 g/mol. The second-order valence-corrected chi connectivity index (χ2v) is 7.28. The molecule has 0 radical (unpaired) electrons. The molecule has 0 atom stereocenters. The molecule has 3 nitrogen and oxygen atoms in total. The Bertz CT molecular complexity index is 926. The van der Waals surface area contributed by atoms with Gasteiger partial charge in [0.1, 0.15) is 6.61 Å². The van der Waals surface area contributed by atoms with Gasteiger partial charge in [0.25, 0.3) is 0 Å². The Morgan fingerprint density at radius 2 is 1.68 bits per heavy atom. The molecule has 0 saturated heterocycles. The first-order valence-electron chi connectivity index (χ1n) is 9.15. The van der Waals surface area contributed by atoms with E-state index in [1.54, 1.807) is 7.11 Å². The number of hydrogen-bond donors (Lipinski definition) is 1. The number of methoxy groups -OCH3 is 1. The van der Waals surface area contributed by atoms with Gasteiger partial charge in [0.2, 0.25) is 0 Å². The van der Waals surface area contributed by atoms with Crippen molar-refractivity contribution in [2.75, 3.05) is 12.4 Å². The second kappa shape index (κ2) is 9.72. The Morgan fingerprint density at radius 3 is 2.36 bits per heavy atom. The molecular weight excluding hydrogens is 393 g/mol. The minimum Gasteiger partial charge on any atom is -0.493 e. The van der Waals surface area contributed by atoms with Crippen LogP contribution in [0, 0.1) is 0 Å². The van der Waals surface area contributed by atoms with Crippen LogP contribution in [-0.4, -0.2) is 7.11 Å². The highest BCUT2D eigenvalue weighted by molar-refractivity contribution is 6.32. The van der Waals surface area contributed by atoms with E-state index in [1.165, 1.54) is 5.56 Å². The molecule has 3 aromatic rings. The lowest BCUT2D eigenvalue weighted by atomic mass is 10.1. The Morgan fingerprint density at radius 1 is 0.893 bits per heavy atom. The number of anilines is 1. The van der Waals surface area contributed by atoms with Crippen molar-refractivity contribution in [3.05, 3.63) is 87.4 Å². The summed E-state index contributed by atoms with van der Waals surface area (Å²) in [6.45, 7) is 3.14. The summed E-state index contributed by atoms with van der Waals surface area (Å²) in [5.41, 5.74) is 4.36. The van der Waals surface area contributed by atoms with Gasteiger partial charge in [0, 0.05) is 17.3 Å². The van der Waals surface area contributed by atoms with Crippen molar-refractivity contribution in [3.63, 3.8) is 0 Å². The molecular formula is C23H23Cl2NO2. The molecule has 0 heterocycles. The van der Waals surface area contributed by atoms with Crippen LogP contribution in [0.25, 0.3) is 0 Å². The number of hydrogen-bond acceptors (Lipinski definition) is 3. The van der Waals surface area contributed by atoms with Crippen molar-refractivity contribution >= 4 is 28.9 Å². The van der Waals surface area contributed by atoms with Crippen LogP contribution in [0.3, 0.4) is 0 Å². The summed E-state index contributed by atoms with van der Waals surface area (Å²) in [5.74, 6) is 1.13. The topological polar surface area (TPSA) is 30.5 Å². The lowest BCUT2D eigenvalue weighted by Crippen LogP contribution is -2.03. The molecule has 0 fully saturated rings. The summed E-state index contributed by atoms with van der Waals surface area (Å²) in [7, 11) is 1.61. The van der Waals surface area contributed by atoms with Crippen molar-refractivity contribution in [2.24, 2.45) is 0 Å². The molecule has 0 aromatic heterocycles. The van der Waals surface area contributed by atoms with E-state index < -0.39 is 0 Å². The Labute approximate surface area is 176 Å². The van der Waals surface area contributed by atoms with E-state index in [-0.39, 0.29) is 0 Å². The predicted octanol–water partition coefficient (Wildman–Crippen LogP) is 6.76. The number of benzene rings is 3. The average Bonchev–Trinajstić information content (AvgIpc) is 2.71. The summed E-state index contributed by atoms with van der Waals surface area (Å²) in [5, 5.41) is 4.59. The smallest absolute Gasteiger partial charge is 0.180 e. The van der Waals surface area contributed by atoms with Gasteiger partial charge >= 0.3 is 0 Å². The molecule has 0 aliphatic rings. The molecule has 0 saturated carbocycles. The first-order valence-corrected chi connectivity index (χ1v) is 9.91. The van der Waals surface area contributed by atoms with Crippen LogP contribution in [0.2, 0.25) is 10.0 Å². The maximum Gasteiger partial charge on any atom is 0.180 e. The van der Waals surface area contributed by atoms with E-state index in [9.17, 15) is 0 Å². The van der Waals surface area contributed by atoms with Gasteiger partial charge in [-0.05, 0) is 59.5 Å². The number of aryl methyl sites for hydroxylation is 1. The van der Waals surface area contributed by atoms with Crippen molar-refractivity contribution < 1.29 is 9.47 Å². The van der Waals surface area contributed by atoms with E-state index in [4.69, 9.17) is 32.7 Å². The molecule has 0 bridgehead atoms. The van der Waals surface area contributed by atoms with Crippen molar-refractivity contribution in [1.82, 2.24) is 0 Å². The first-order chi connectivity index (χ1) is 13.6. The molecule has 0 spiro atoms. The zero-order valence-electron chi connectivity index (χ0n) is 16.0. The summed E-state index contributed by atoms with van der Waals surface area (Å²) in [6.07, 6.45) is 1.03. The van der Waals surface area contributed by atoms with Crippen LogP contribution in [0.15, 0.2) is 60.7 Å². The highest BCUT2D eigenvalue weighted by Gasteiger charge is 2.12.